The predicted molar refractivity (Wildman–Crippen MR) is 62.8 cm³/mol. The summed E-state index contributed by atoms with van der Waals surface area (Å²) in [6.07, 6.45) is 0. The molecule has 2 N–H and O–H groups in total. The number of rotatable bonds is 2. The van der Waals surface area contributed by atoms with Crippen molar-refractivity contribution >= 4 is 5.69 Å². The van der Waals surface area contributed by atoms with Gasteiger partial charge in [0.1, 0.15) is 17.4 Å². The van der Waals surface area contributed by atoms with Gasteiger partial charge >= 0.3 is 0 Å². The van der Waals surface area contributed by atoms with E-state index in [2.05, 4.69) is 0 Å². The van der Waals surface area contributed by atoms with Crippen LogP contribution in [0.5, 0.6) is 5.75 Å². The van der Waals surface area contributed by atoms with Crippen LogP contribution in [0.2, 0.25) is 0 Å². The van der Waals surface area contributed by atoms with Crippen LogP contribution in [-0.4, -0.2) is 7.11 Å². The topological polar surface area (TPSA) is 35.2 Å². The summed E-state index contributed by atoms with van der Waals surface area (Å²) in [7, 11) is 1.46. The molecule has 4 heteroatoms. The number of hydrogen-bond donors (Lipinski definition) is 1. The molecule has 0 heterocycles. The number of nitrogen functional groups attached to an aromatic ring is 1. The molecule has 2 aromatic carbocycles. The second kappa shape index (κ2) is 4.41. The number of halogens is 2. The summed E-state index contributed by atoms with van der Waals surface area (Å²) >= 11 is 0. The standard InChI is InChI=1S/C13H11F2NO/c1-17-9-3-5-10(12(15)7-9)11-4-2-8(14)6-13(11)16/h2-7H,16H2,1H3. The van der Waals surface area contributed by atoms with Gasteiger partial charge in [0.15, 0.2) is 0 Å². The Morgan fingerprint density at radius 1 is 1.00 bits per heavy atom. The van der Waals surface area contributed by atoms with Gasteiger partial charge in [-0.1, -0.05) is 0 Å². The fourth-order valence-corrected chi connectivity index (χ4v) is 1.62. The smallest absolute Gasteiger partial charge is 0.134 e. The van der Waals surface area contributed by atoms with E-state index in [4.69, 9.17) is 10.5 Å². The molecule has 0 spiro atoms. The molecule has 0 aliphatic heterocycles. The van der Waals surface area contributed by atoms with E-state index in [0.717, 1.165) is 0 Å². The largest absolute Gasteiger partial charge is 0.497 e. The summed E-state index contributed by atoms with van der Waals surface area (Å²) in [5.74, 6) is -0.477. The fraction of sp³-hybridized carbons (Fsp3) is 0.0769. The molecule has 17 heavy (non-hydrogen) atoms. The summed E-state index contributed by atoms with van der Waals surface area (Å²) in [4.78, 5) is 0. The zero-order valence-electron chi connectivity index (χ0n) is 9.21. The maximum Gasteiger partial charge on any atom is 0.134 e. The van der Waals surface area contributed by atoms with Crippen molar-refractivity contribution in [3.8, 4) is 16.9 Å². The lowest BCUT2D eigenvalue weighted by molar-refractivity contribution is 0.411. The van der Waals surface area contributed by atoms with E-state index < -0.39 is 11.6 Å². The molecule has 0 aliphatic rings. The van der Waals surface area contributed by atoms with E-state index in [1.165, 1.54) is 31.4 Å². The number of nitrogens with two attached hydrogens (primary N) is 1. The number of methoxy groups -OCH3 is 1. The Morgan fingerprint density at radius 2 is 1.71 bits per heavy atom. The molecule has 0 saturated heterocycles. The number of ether oxygens (including phenoxy) is 1. The van der Waals surface area contributed by atoms with Crippen molar-refractivity contribution in [3.05, 3.63) is 48.0 Å². The van der Waals surface area contributed by atoms with Crippen molar-refractivity contribution in [1.29, 1.82) is 0 Å². The maximum absolute atomic E-state index is 13.8. The molecule has 0 unspecified atom stereocenters. The molecule has 0 aromatic heterocycles. The quantitative estimate of drug-likeness (QED) is 0.811. The van der Waals surface area contributed by atoms with Crippen molar-refractivity contribution in [2.45, 2.75) is 0 Å². The van der Waals surface area contributed by atoms with E-state index in [0.29, 0.717) is 16.9 Å². The minimum Gasteiger partial charge on any atom is -0.497 e. The number of benzene rings is 2. The first kappa shape index (κ1) is 11.4. The van der Waals surface area contributed by atoms with E-state index in [1.54, 1.807) is 12.1 Å². The first-order valence-electron chi connectivity index (χ1n) is 5.01. The van der Waals surface area contributed by atoms with Crippen LogP contribution in [0.15, 0.2) is 36.4 Å². The van der Waals surface area contributed by atoms with Gasteiger partial charge < -0.3 is 10.5 Å². The third-order valence-corrected chi connectivity index (χ3v) is 2.48. The van der Waals surface area contributed by atoms with Crippen LogP contribution in [0.25, 0.3) is 11.1 Å². The highest BCUT2D eigenvalue weighted by atomic mass is 19.1. The summed E-state index contributed by atoms with van der Waals surface area (Å²) in [6.45, 7) is 0. The molecule has 0 saturated carbocycles. The first-order chi connectivity index (χ1) is 8.11. The van der Waals surface area contributed by atoms with Gasteiger partial charge in [-0.3, -0.25) is 0 Å². The zero-order chi connectivity index (χ0) is 12.4. The molecule has 0 fully saturated rings. The molecule has 2 rings (SSSR count). The summed E-state index contributed by atoms with van der Waals surface area (Å²) < 4.78 is 31.6. The van der Waals surface area contributed by atoms with Gasteiger partial charge in [-0.05, 0) is 30.3 Å². The first-order valence-corrected chi connectivity index (χ1v) is 5.01. The number of anilines is 1. The molecule has 0 aliphatic carbocycles. The molecular weight excluding hydrogens is 224 g/mol. The van der Waals surface area contributed by atoms with Crippen LogP contribution in [0.4, 0.5) is 14.5 Å². The lowest BCUT2D eigenvalue weighted by Crippen LogP contribution is -1.94. The Kier molecular flexibility index (Phi) is 2.95. The van der Waals surface area contributed by atoms with Gasteiger partial charge in [-0.15, -0.1) is 0 Å². The van der Waals surface area contributed by atoms with Crippen LogP contribution in [0, 0.1) is 11.6 Å². The lowest BCUT2D eigenvalue weighted by atomic mass is 10.0. The molecule has 88 valence electrons. The second-order valence-electron chi connectivity index (χ2n) is 3.58. The molecule has 2 nitrogen and oxygen atoms in total. The molecular formula is C13H11F2NO. The third kappa shape index (κ3) is 2.20. The molecule has 0 radical (unpaired) electrons. The van der Waals surface area contributed by atoms with Crippen molar-refractivity contribution in [2.75, 3.05) is 12.8 Å². The van der Waals surface area contributed by atoms with E-state index >= 15 is 0 Å². The molecule has 2 aromatic rings. The minimum absolute atomic E-state index is 0.203. The van der Waals surface area contributed by atoms with Gasteiger partial charge in [0, 0.05) is 22.9 Å². The van der Waals surface area contributed by atoms with Crippen molar-refractivity contribution < 1.29 is 13.5 Å². The second-order valence-corrected chi connectivity index (χ2v) is 3.58. The summed E-state index contributed by atoms with van der Waals surface area (Å²) in [5.41, 5.74) is 6.64. The van der Waals surface area contributed by atoms with Gasteiger partial charge in [-0.25, -0.2) is 8.78 Å². The van der Waals surface area contributed by atoms with E-state index in [-0.39, 0.29) is 5.69 Å². The van der Waals surface area contributed by atoms with Crippen LogP contribution in [0.1, 0.15) is 0 Å². The van der Waals surface area contributed by atoms with Gasteiger partial charge in [-0.2, -0.15) is 0 Å². The molecule has 0 bridgehead atoms. The van der Waals surface area contributed by atoms with Gasteiger partial charge in [0.2, 0.25) is 0 Å². The Morgan fingerprint density at radius 3 is 2.29 bits per heavy atom. The molecule has 0 atom stereocenters. The average Bonchev–Trinajstić information content (AvgIpc) is 2.30. The Bertz CT molecular complexity index is 555. The summed E-state index contributed by atoms with van der Waals surface area (Å²) in [5, 5.41) is 0. The Balaban J connectivity index is 2.53. The van der Waals surface area contributed by atoms with Gasteiger partial charge in [0.05, 0.1) is 7.11 Å². The SMILES string of the molecule is COc1ccc(-c2ccc(F)cc2N)c(F)c1. The Labute approximate surface area is 97.6 Å². The maximum atomic E-state index is 13.8. The molecule has 0 amide bonds. The summed E-state index contributed by atoms with van der Waals surface area (Å²) in [6, 6.07) is 8.31. The van der Waals surface area contributed by atoms with E-state index in [9.17, 15) is 8.78 Å². The normalized spacial score (nSPS) is 10.3. The third-order valence-electron chi connectivity index (χ3n) is 2.48. The predicted octanol–water partition coefficient (Wildman–Crippen LogP) is 3.22. The highest BCUT2D eigenvalue weighted by Crippen LogP contribution is 2.30. The fourth-order valence-electron chi connectivity index (χ4n) is 1.62. The Hall–Kier alpha value is -2.10. The van der Waals surface area contributed by atoms with Crippen molar-refractivity contribution in [1.82, 2.24) is 0 Å². The number of hydrogen-bond acceptors (Lipinski definition) is 2. The van der Waals surface area contributed by atoms with Crippen molar-refractivity contribution in [3.63, 3.8) is 0 Å². The van der Waals surface area contributed by atoms with Crippen LogP contribution < -0.4 is 10.5 Å². The monoisotopic (exact) mass is 235 g/mol. The van der Waals surface area contributed by atoms with Crippen LogP contribution in [-0.2, 0) is 0 Å². The zero-order valence-corrected chi connectivity index (χ0v) is 9.21. The van der Waals surface area contributed by atoms with E-state index in [1.807, 2.05) is 0 Å². The minimum atomic E-state index is -0.456. The lowest BCUT2D eigenvalue weighted by Gasteiger charge is -2.08. The van der Waals surface area contributed by atoms with Crippen LogP contribution >= 0.6 is 0 Å². The average molecular weight is 235 g/mol. The van der Waals surface area contributed by atoms with Gasteiger partial charge in [0.25, 0.3) is 0 Å². The highest BCUT2D eigenvalue weighted by molar-refractivity contribution is 5.76. The highest BCUT2D eigenvalue weighted by Gasteiger charge is 2.09. The van der Waals surface area contributed by atoms with Crippen LogP contribution in [0.3, 0.4) is 0 Å². The van der Waals surface area contributed by atoms with Crippen molar-refractivity contribution in [2.24, 2.45) is 0 Å².